The normalized spacial score (nSPS) is 13.0. The van der Waals surface area contributed by atoms with Gasteiger partial charge >= 0.3 is 15.4 Å². The van der Waals surface area contributed by atoms with Gasteiger partial charge in [-0.15, -0.1) is 0 Å². The summed E-state index contributed by atoms with van der Waals surface area (Å²) in [5.74, 6) is 0. The molecular formula is C7H17NO4Si. The Balaban J connectivity index is 4.37. The van der Waals surface area contributed by atoms with Crippen LogP contribution in [-0.2, 0) is 8.85 Å². The van der Waals surface area contributed by atoms with Gasteiger partial charge in [-0.2, -0.15) is 0 Å². The quantitative estimate of drug-likeness (QED) is 0.664. The summed E-state index contributed by atoms with van der Waals surface area (Å²) in [4.78, 5) is 11.9. The number of carboxylic acid groups (broad SMARTS) is 1. The van der Waals surface area contributed by atoms with Crippen molar-refractivity contribution in [2.45, 2.75) is 19.0 Å². The standard InChI is InChI=1S/C7H17NO4Si/c1-5-6(8(2)7(9)10)13(11-3)12-4/h6,13H,5H2,1-4H3,(H,9,10). The Morgan fingerprint density at radius 1 is 1.54 bits per heavy atom. The van der Waals surface area contributed by atoms with E-state index < -0.39 is 15.4 Å². The molecule has 78 valence electrons. The molecule has 13 heavy (non-hydrogen) atoms. The predicted octanol–water partition coefficient (Wildman–Crippen LogP) is 0.427. The first-order chi connectivity index (χ1) is 6.08. The van der Waals surface area contributed by atoms with Crippen LogP contribution >= 0.6 is 0 Å². The van der Waals surface area contributed by atoms with E-state index in [1.54, 1.807) is 14.2 Å². The van der Waals surface area contributed by atoms with Crippen LogP contribution in [-0.4, -0.2) is 52.3 Å². The van der Waals surface area contributed by atoms with Crippen molar-refractivity contribution in [3.05, 3.63) is 0 Å². The fourth-order valence-corrected chi connectivity index (χ4v) is 2.90. The highest BCUT2D eigenvalue weighted by Gasteiger charge is 2.29. The van der Waals surface area contributed by atoms with Crippen LogP contribution in [0.2, 0.25) is 0 Å². The zero-order valence-corrected chi connectivity index (χ0v) is 9.64. The lowest BCUT2D eigenvalue weighted by molar-refractivity contribution is 0.137. The summed E-state index contributed by atoms with van der Waals surface area (Å²) in [5, 5.41) is 8.76. The molecule has 0 aromatic rings. The maximum absolute atomic E-state index is 10.7. The van der Waals surface area contributed by atoms with Gasteiger partial charge < -0.3 is 18.9 Å². The maximum atomic E-state index is 10.7. The van der Waals surface area contributed by atoms with E-state index in [0.717, 1.165) is 0 Å². The molecule has 0 spiro atoms. The third-order valence-electron chi connectivity index (χ3n) is 2.00. The molecular weight excluding hydrogens is 190 g/mol. The van der Waals surface area contributed by atoms with E-state index in [4.69, 9.17) is 14.0 Å². The monoisotopic (exact) mass is 207 g/mol. The minimum atomic E-state index is -1.88. The lowest BCUT2D eigenvalue weighted by Crippen LogP contribution is -2.48. The third-order valence-corrected chi connectivity index (χ3v) is 4.47. The smallest absolute Gasteiger partial charge is 0.407 e. The Morgan fingerprint density at radius 2 is 2.00 bits per heavy atom. The van der Waals surface area contributed by atoms with Crippen LogP contribution in [0.25, 0.3) is 0 Å². The molecule has 0 aliphatic rings. The first-order valence-electron chi connectivity index (χ1n) is 4.09. The van der Waals surface area contributed by atoms with E-state index in [1.165, 1.54) is 11.9 Å². The van der Waals surface area contributed by atoms with Crippen LogP contribution in [0.3, 0.4) is 0 Å². The summed E-state index contributed by atoms with van der Waals surface area (Å²) in [6, 6.07) is 0. The number of hydrogen-bond acceptors (Lipinski definition) is 3. The summed E-state index contributed by atoms with van der Waals surface area (Å²) in [7, 11) is 2.77. The van der Waals surface area contributed by atoms with Crippen LogP contribution in [0.5, 0.6) is 0 Å². The average Bonchev–Trinajstić information content (AvgIpc) is 2.12. The zero-order valence-electron chi connectivity index (χ0n) is 8.48. The largest absolute Gasteiger partial charge is 0.465 e. The van der Waals surface area contributed by atoms with Gasteiger partial charge in [-0.05, 0) is 6.42 Å². The van der Waals surface area contributed by atoms with Gasteiger partial charge in [0.25, 0.3) is 0 Å². The van der Waals surface area contributed by atoms with Crippen molar-refractivity contribution in [1.29, 1.82) is 0 Å². The van der Waals surface area contributed by atoms with Gasteiger partial charge in [-0.25, -0.2) is 4.79 Å². The first-order valence-corrected chi connectivity index (χ1v) is 5.70. The molecule has 1 unspecified atom stereocenters. The topological polar surface area (TPSA) is 59.0 Å². The van der Waals surface area contributed by atoms with Crippen LogP contribution in [0.1, 0.15) is 13.3 Å². The van der Waals surface area contributed by atoms with Gasteiger partial charge in [0, 0.05) is 21.3 Å². The van der Waals surface area contributed by atoms with Crippen molar-refractivity contribution in [1.82, 2.24) is 4.90 Å². The Morgan fingerprint density at radius 3 is 2.23 bits per heavy atom. The molecule has 5 nitrogen and oxygen atoms in total. The summed E-state index contributed by atoms with van der Waals surface area (Å²) in [6.45, 7) is 1.92. The number of nitrogens with zero attached hydrogens (tertiary/aromatic N) is 1. The van der Waals surface area contributed by atoms with Gasteiger partial charge in [0.1, 0.15) is 0 Å². The zero-order chi connectivity index (χ0) is 10.4. The minimum absolute atomic E-state index is 0.132. The third kappa shape index (κ3) is 3.33. The molecule has 0 aromatic carbocycles. The van der Waals surface area contributed by atoms with Crippen molar-refractivity contribution in [3.8, 4) is 0 Å². The van der Waals surface area contributed by atoms with E-state index >= 15 is 0 Å². The fourth-order valence-electron chi connectivity index (χ4n) is 1.20. The summed E-state index contributed by atoms with van der Waals surface area (Å²) >= 11 is 0. The van der Waals surface area contributed by atoms with Crippen molar-refractivity contribution in [3.63, 3.8) is 0 Å². The Hall–Kier alpha value is -0.593. The molecule has 0 bridgehead atoms. The SMILES string of the molecule is CCC(N(C)C(=O)O)[SiH](OC)OC. The van der Waals surface area contributed by atoms with Crippen molar-refractivity contribution in [2.24, 2.45) is 0 Å². The highest BCUT2D eigenvalue weighted by molar-refractivity contribution is 6.46. The Labute approximate surface area is 80.1 Å². The van der Waals surface area contributed by atoms with Crippen LogP contribution in [0.4, 0.5) is 4.79 Å². The molecule has 0 radical (unpaired) electrons. The molecule has 1 N–H and O–H groups in total. The van der Waals surface area contributed by atoms with Gasteiger partial charge in [-0.1, -0.05) is 6.92 Å². The van der Waals surface area contributed by atoms with E-state index in [1.807, 2.05) is 6.92 Å². The second-order valence-corrected chi connectivity index (χ2v) is 5.16. The molecule has 1 atom stereocenters. The number of hydrogen-bond donors (Lipinski definition) is 1. The lowest BCUT2D eigenvalue weighted by Gasteiger charge is -2.28. The molecule has 1 amide bonds. The van der Waals surface area contributed by atoms with Crippen molar-refractivity contribution in [2.75, 3.05) is 21.3 Å². The molecule has 0 saturated heterocycles. The van der Waals surface area contributed by atoms with Gasteiger partial charge in [0.2, 0.25) is 0 Å². The summed E-state index contributed by atoms with van der Waals surface area (Å²) in [6.07, 6.45) is -0.236. The van der Waals surface area contributed by atoms with Crippen LogP contribution < -0.4 is 0 Å². The molecule has 0 fully saturated rings. The molecule has 0 saturated carbocycles. The highest BCUT2D eigenvalue weighted by Crippen LogP contribution is 2.07. The predicted molar refractivity (Wildman–Crippen MR) is 51.0 cm³/mol. The number of rotatable bonds is 5. The first kappa shape index (κ1) is 12.4. The van der Waals surface area contributed by atoms with Crippen LogP contribution in [0, 0.1) is 0 Å². The van der Waals surface area contributed by atoms with Gasteiger partial charge in [0.05, 0.1) is 5.67 Å². The Bertz CT molecular complexity index is 163. The lowest BCUT2D eigenvalue weighted by atomic mass is 10.4. The highest BCUT2D eigenvalue weighted by atomic mass is 28.3. The van der Waals surface area contributed by atoms with Crippen molar-refractivity contribution >= 4 is 15.4 Å². The van der Waals surface area contributed by atoms with Gasteiger partial charge in [-0.3, -0.25) is 0 Å². The second-order valence-electron chi connectivity index (χ2n) is 2.71. The summed E-state index contributed by atoms with van der Waals surface area (Å²) in [5.41, 5.74) is -0.132. The Kier molecular flexibility index (Phi) is 5.68. The van der Waals surface area contributed by atoms with E-state index in [0.29, 0.717) is 6.42 Å². The van der Waals surface area contributed by atoms with E-state index in [9.17, 15) is 4.79 Å². The molecule has 0 heterocycles. The molecule has 0 rings (SSSR count). The number of carbonyl (C=O) groups is 1. The minimum Gasteiger partial charge on any atom is -0.465 e. The second kappa shape index (κ2) is 5.95. The van der Waals surface area contributed by atoms with Gasteiger partial charge in [0.15, 0.2) is 0 Å². The maximum Gasteiger partial charge on any atom is 0.407 e. The molecule has 6 heteroatoms. The van der Waals surface area contributed by atoms with E-state index in [2.05, 4.69) is 0 Å². The molecule has 0 aliphatic heterocycles. The summed E-state index contributed by atoms with van der Waals surface area (Å²) < 4.78 is 10.3. The van der Waals surface area contributed by atoms with E-state index in [-0.39, 0.29) is 5.67 Å². The molecule has 0 aromatic heterocycles. The van der Waals surface area contributed by atoms with Crippen molar-refractivity contribution < 1.29 is 18.8 Å². The molecule has 0 aliphatic carbocycles. The van der Waals surface area contributed by atoms with Crippen LogP contribution in [0.15, 0.2) is 0 Å². The average molecular weight is 207 g/mol. The number of amides is 1. The fraction of sp³-hybridized carbons (Fsp3) is 0.857.